The highest BCUT2D eigenvalue weighted by molar-refractivity contribution is 5.99. The summed E-state index contributed by atoms with van der Waals surface area (Å²) in [5.74, 6) is -0.190. The van der Waals surface area contributed by atoms with Gasteiger partial charge in [0.25, 0.3) is 5.91 Å². The second kappa shape index (κ2) is 4.86. The van der Waals surface area contributed by atoms with E-state index in [0.717, 1.165) is 0 Å². The molecular formula is C12H13NO4. The molecule has 1 unspecified atom stereocenters. The smallest absolute Gasteiger partial charge is 0.310 e. The Labute approximate surface area is 98.7 Å². The summed E-state index contributed by atoms with van der Waals surface area (Å²) in [6, 6.07) is 7.09. The quantitative estimate of drug-likeness (QED) is 0.803. The predicted octanol–water partition coefficient (Wildman–Crippen LogP) is 1.34. The first kappa shape index (κ1) is 11.4. The van der Waals surface area contributed by atoms with E-state index in [0.29, 0.717) is 18.0 Å². The Morgan fingerprint density at radius 1 is 1.47 bits per heavy atom. The number of hydrogen-bond acceptors (Lipinski definition) is 4. The number of rotatable bonds is 3. The summed E-state index contributed by atoms with van der Waals surface area (Å²) < 4.78 is 10.2. The van der Waals surface area contributed by atoms with Crippen molar-refractivity contribution in [1.82, 2.24) is 0 Å². The Hall–Kier alpha value is -2.04. The minimum Gasteiger partial charge on any atom is -0.478 e. The maximum absolute atomic E-state index is 11.7. The van der Waals surface area contributed by atoms with Gasteiger partial charge in [0.15, 0.2) is 6.10 Å². The predicted molar refractivity (Wildman–Crippen MR) is 60.7 cm³/mol. The Morgan fingerprint density at radius 2 is 2.24 bits per heavy atom. The van der Waals surface area contributed by atoms with Gasteiger partial charge in [-0.2, -0.15) is 0 Å². The van der Waals surface area contributed by atoms with E-state index in [-0.39, 0.29) is 12.3 Å². The lowest BCUT2D eigenvalue weighted by Gasteiger charge is -2.24. The van der Waals surface area contributed by atoms with Crippen molar-refractivity contribution in [2.24, 2.45) is 0 Å². The van der Waals surface area contributed by atoms with Gasteiger partial charge in [0.05, 0.1) is 18.7 Å². The zero-order valence-corrected chi connectivity index (χ0v) is 9.43. The maximum Gasteiger partial charge on any atom is 0.310 e. The molecule has 0 aromatic heterocycles. The molecule has 1 atom stereocenters. The molecule has 90 valence electrons. The molecule has 0 spiro atoms. The van der Waals surface area contributed by atoms with Crippen molar-refractivity contribution in [3.05, 3.63) is 24.3 Å². The van der Waals surface area contributed by atoms with Crippen LogP contribution < -0.4 is 10.1 Å². The molecule has 1 N–H and O–H groups in total. The molecule has 2 rings (SSSR count). The number of ether oxygens (including phenoxy) is 2. The van der Waals surface area contributed by atoms with E-state index in [1.54, 1.807) is 31.2 Å². The second-order valence-electron chi connectivity index (χ2n) is 3.60. The molecule has 0 aliphatic carbocycles. The van der Waals surface area contributed by atoms with Gasteiger partial charge in [-0.3, -0.25) is 9.59 Å². The number of esters is 1. The van der Waals surface area contributed by atoms with E-state index in [9.17, 15) is 9.59 Å². The van der Waals surface area contributed by atoms with E-state index in [4.69, 9.17) is 9.47 Å². The van der Waals surface area contributed by atoms with Crippen LogP contribution in [-0.4, -0.2) is 24.6 Å². The summed E-state index contributed by atoms with van der Waals surface area (Å²) in [5, 5.41) is 2.69. The first-order chi connectivity index (χ1) is 8.20. The molecule has 0 radical (unpaired) electrons. The second-order valence-corrected chi connectivity index (χ2v) is 3.60. The summed E-state index contributed by atoms with van der Waals surface area (Å²) in [4.78, 5) is 22.9. The number of fused-ring (bicyclic) bond motifs is 1. The monoisotopic (exact) mass is 235 g/mol. The van der Waals surface area contributed by atoms with Crippen molar-refractivity contribution in [1.29, 1.82) is 0 Å². The van der Waals surface area contributed by atoms with E-state index in [1.807, 2.05) is 0 Å². The standard InChI is InChI=1S/C12H13NO4/c1-2-16-11(14)7-10-12(15)13-8-5-3-4-6-9(8)17-10/h3-6,10H,2,7H2,1H3,(H,13,15). The highest BCUT2D eigenvalue weighted by atomic mass is 16.5. The van der Waals surface area contributed by atoms with Crippen LogP contribution in [-0.2, 0) is 14.3 Å². The number of hydrogen-bond donors (Lipinski definition) is 1. The van der Waals surface area contributed by atoms with Crippen molar-refractivity contribution in [3.63, 3.8) is 0 Å². The fourth-order valence-electron chi connectivity index (χ4n) is 1.60. The van der Waals surface area contributed by atoms with Gasteiger partial charge in [-0.15, -0.1) is 0 Å². The molecule has 5 nitrogen and oxygen atoms in total. The highest BCUT2D eigenvalue weighted by Gasteiger charge is 2.29. The lowest BCUT2D eigenvalue weighted by molar-refractivity contribution is -0.147. The normalized spacial score (nSPS) is 17.7. The molecule has 0 saturated heterocycles. The van der Waals surface area contributed by atoms with Crippen molar-refractivity contribution in [2.45, 2.75) is 19.4 Å². The van der Waals surface area contributed by atoms with E-state index in [1.165, 1.54) is 0 Å². The van der Waals surface area contributed by atoms with E-state index >= 15 is 0 Å². The van der Waals surface area contributed by atoms with Crippen molar-refractivity contribution in [3.8, 4) is 5.75 Å². The van der Waals surface area contributed by atoms with Gasteiger partial charge in [0.2, 0.25) is 0 Å². The Kier molecular flexibility index (Phi) is 3.27. The maximum atomic E-state index is 11.7. The van der Waals surface area contributed by atoms with Crippen LogP contribution in [0.5, 0.6) is 5.75 Å². The number of nitrogens with one attached hydrogen (secondary N) is 1. The zero-order valence-electron chi connectivity index (χ0n) is 9.43. The third-order valence-electron chi connectivity index (χ3n) is 2.36. The molecule has 0 bridgehead atoms. The summed E-state index contributed by atoms with van der Waals surface area (Å²) in [5.41, 5.74) is 0.623. The SMILES string of the molecule is CCOC(=O)CC1Oc2ccccc2NC1=O. The van der Waals surface area contributed by atoms with Crippen LogP contribution in [0.15, 0.2) is 24.3 Å². The van der Waals surface area contributed by atoms with Gasteiger partial charge >= 0.3 is 5.97 Å². The van der Waals surface area contributed by atoms with E-state index in [2.05, 4.69) is 5.32 Å². The van der Waals surface area contributed by atoms with Crippen LogP contribution >= 0.6 is 0 Å². The van der Waals surface area contributed by atoms with Crippen molar-refractivity contribution in [2.75, 3.05) is 11.9 Å². The molecule has 1 aliphatic heterocycles. The first-order valence-corrected chi connectivity index (χ1v) is 5.43. The summed E-state index contributed by atoms with van der Waals surface area (Å²) in [6.07, 6.45) is -0.891. The zero-order chi connectivity index (χ0) is 12.3. The number of amides is 1. The summed E-state index contributed by atoms with van der Waals surface area (Å²) in [7, 11) is 0. The molecule has 17 heavy (non-hydrogen) atoms. The van der Waals surface area contributed by atoms with Gasteiger partial charge in [0.1, 0.15) is 5.75 Å². The number of benzene rings is 1. The van der Waals surface area contributed by atoms with Crippen LogP contribution in [0.25, 0.3) is 0 Å². The minimum absolute atomic E-state index is 0.0754. The van der Waals surface area contributed by atoms with Gasteiger partial charge < -0.3 is 14.8 Å². The molecule has 1 heterocycles. The van der Waals surface area contributed by atoms with Crippen molar-refractivity contribution >= 4 is 17.6 Å². The average Bonchev–Trinajstić information content (AvgIpc) is 2.30. The fraction of sp³-hybridized carbons (Fsp3) is 0.333. The third kappa shape index (κ3) is 2.55. The number of carbonyl (C=O) groups excluding carboxylic acids is 2. The van der Waals surface area contributed by atoms with Crippen LogP contribution in [0.4, 0.5) is 5.69 Å². The minimum atomic E-state index is -0.816. The molecule has 0 fully saturated rings. The molecular weight excluding hydrogens is 222 g/mol. The molecule has 1 aliphatic rings. The number of para-hydroxylation sites is 2. The summed E-state index contributed by atoms with van der Waals surface area (Å²) >= 11 is 0. The fourth-order valence-corrected chi connectivity index (χ4v) is 1.60. The number of carbonyl (C=O) groups is 2. The molecule has 1 amide bonds. The average molecular weight is 235 g/mol. The van der Waals surface area contributed by atoms with Crippen LogP contribution in [0.1, 0.15) is 13.3 Å². The van der Waals surface area contributed by atoms with Crippen LogP contribution in [0.2, 0.25) is 0 Å². The van der Waals surface area contributed by atoms with Gasteiger partial charge in [0, 0.05) is 0 Å². The molecule has 1 aromatic carbocycles. The van der Waals surface area contributed by atoms with Crippen LogP contribution in [0.3, 0.4) is 0 Å². The highest BCUT2D eigenvalue weighted by Crippen LogP contribution is 2.29. The van der Waals surface area contributed by atoms with E-state index < -0.39 is 12.1 Å². The van der Waals surface area contributed by atoms with Crippen LogP contribution in [0, 0.1) is 0 Å². The lowest BCUT2D eigenvalue weighted by atomic mass is 10.1. The third-order valence-corrected chi connectivity index (χ3v) is 2.36. The number of anilines is 1. The van der Waals surface area contributed by atoms with Crippen molar-refractivity contribution < 1.29 is 19.1 Å². The molecule has 5 heteroatoms. The van der Waals surface area contributed by atoms with Gasteiger partial charge in [-0.25, -0.2) is 0 Å². The topological polar surface area (TPSA) is 64.6 Å². The lowest BCUT2D eigenvalue weighted by Crippen LogP contribution is -2.38. The Morgan fingerprint density at radius 3 is 3.00 bits per heavy atom. The summed E-state index contributed by atoms with van der Waals surface area (Å²) in [6.45, 7) is 2.01. The Balaban J connectivity index is 2.07. The largest absolute Gasteiger partial charge is 0.478 e. The molecule has 1 aromatic rings. The Bertz CT molecular complexity index is 444. The first-order valence-electron chi connectivity index (χ1n) is 5.43. The molecule has 0 saturated carbocycles. The van der Waals surface area contributed by atoms with Gasteiger partial charge in [-0.05, 0) is 19.1 Å². The van der Waals surface area contributed by atoms with Gasteiger partial charge in [-0.1, -0.05) is 12.1 Å².